The standard InChI is InChI=1S/C17H22N2S/c1-11-12(2)20-17(19-11)10-16(18-3)15-9-8-13-6-4-5-7-14(13)15/h4-7,15-16,18H,8-10H2,1-3H3. The van der Waals surface area contributed by atoms with Crippen LogP contribution in [0.3, 0.4) is 0 Å². The van der Waals surface area contributed by atoms with Crippen LogP contribution in [0.25, 0.3) is 0 Å². The molecule has 20 heavy (non-hydrogen) atoms. The molecule has 1 aliphatic carbocycles. The highest BCUT2D eigenvalue weighted by Crippen LogP contribution is 2.36. The molecule has 0 saturated heterocycles. The maximum atomic E-state index is 4.70. The highest BCUT2D eigenvalue weighted by Gasteiger charge is 2.29. The number of nitrogens with one attached hydrogen (secondary N) is 1. The fourth-order valence-electron chi connectivity index (χ4n) is 3.27. The molecule has 0 bridgehead atoms. The minimum Gasteiger partial charge on any atom is -0.316 e. The molecule has 2 unspecified atom stereocenters. The van der Waals surface area contributed by atoms with Crippen LogP contribution in [0.5, 0.6) is 0 Å². The van der Waals surface area contributed by atoms with Crippen LogP contribution in [-0.2, 0) is 12.8 Å². The lowest BCUT2D eigenvalue weighted by molar-refractivity contribution is 0.455. The summed E-state index contributed by atoms with van der Waals surface area (Å²) in [6, 6.07) is 9.39. The highest BCUT2D eigenvalue weighted by atomic mass is 32.1. The van der Waals surface area contributed by atoms with Crippen LogP contribution >= 0.6 is 11.3 Å². The summed E-state index contributed by atoms with van der Waals surface area (Å²) < 4.78 is 0. The van der Waals surface area contributed by atoms with Gasteiger partial charge in [0.1, 0.15) is 0 Å². The monoisotopic (exact) mass is 286 g/mol. The summed E-state index contributed by atoms with van der Waals surface area (Å²) in [5.41, 5.74) is 4.26. The first-order chi connectivity index (χ1) is 9.69. The van der Waals surface area contributed by atoms with E-state index in [1.165, 1.54) is 39.5 Å². The number of benzene rings is 1. The van der Waals surface area contributed by atoms with Gasteiger partial charge in [-0.05, 0) is 44.9 Å². The molecule has 0 radical (unpaired) electrons. The summed E-state index contributed by atoms with van der Waals surface area (Å²) in [7, 11) is 2.08. The Labute approximate surface area is 125 Å². The third kappa shape index (κ3) is 2.52. The van der Waals surface area contributed by atoms with Gasteiger partial charge in [0, 0.05) is 23.3 Å². The van der Waals surface area contributed by atoms with Gasteiger partial charge in [0.2, 0.25) is 0 Å². The number of hydrogen-bond acceptors (Lipinski definition) is 3. The van der Waals surface area contributed by atoms with E-state index in [1.54, 1.807) is 0 Å². The number of hydrogen-bond donors (Lipinski definition) is 1. The zero-order valence-corrected chi connectivity index (χ0v) is 13.3. The molecule has 0 spiro atoms. The first-order valence-corrected chi connectivity index (χ1v) is 8.18. The van der Waals surface area contributed by atoms with Crippen LogP contribution in [0.4, 0.5) is 0 Å². The van der Waals surface area contributed by atoms with Gasteiger partial charge in [0.25, 0.3) is 0 Å². The lowest BCUT2D eigenvalue weighted by atomic mass is 9.91. The number of nitrogens with zero attached hydrogens (tertiary/aromatic N) is 1. The normalized spacial score (nSPS) is 19.1. The first-order valence-electron chi connectivity index (χ1n) is 7.37. The first kappa shape index (κ1) is 13.8. The van der Waals surface area contributed by atoms with E-state index in [9.17, 15) is 0 Å². The Bertz CT molecular complexity index is 583. The topological polar surface area (TPSA) is 24.9 Å². The SMILES string of the molecule is CNC(Cc1nc(C)c(C)s1)C1CCc2ccccc21. The van der Waals surface area contributed by atoms with Crippen molar-refractivity contribution in [3.05, 3.63) is 51.0 Å². The summed E-state index contributed by atoms with van der Waals surface area (Å²) in [6.07, 6.45) is 3.51. The molecule has 0 saturated carbocycles. The number of likely N-dealkylation sites (N-methyl/N-ethyl adjacent to an activating group) is 1. The van der Waals surface area contributed by atoms with Gasteiger partial charge in [-0.25, -0.2) is 4.98 Å². The summed E-state index contributed by atoms with van der Waals surface area (Å²) in [4.78, 5) is 6.05. The third-order valence-corrected chi connectivity index (χ3v) is 5.60. The van der Waals surface area contributed by atoms with Crippen molar-refractivity contribution >= 4 is 11.3 Å². The van der Waals surface area contributed by atoms with Gasteiger partial charge >= 0.3 is 0 Å². The quantitative estimate of drug-likeness (QED) is 0.928. The number of fused-ring (bicyclic) bond motifs is 1. The Kier molecular flexibility index (Phi) is 3.90. The molecule has 3 heteroatoms. The van der Waals surface area contributed by atoms with Crippen LogP contribution in [0, 0.1) is 13.8 Å². The summed E-state index contributed by atoms with van der Waals surface area (Å²) in [5.74, 6) is 0.626. The van der Waals surface area contributed by atoms with E-state index >= 15 is 0 Å². The van der Waals surface area contributed by atoms with Gasteiger partial charge < -0.3 is 5.32 Å². The van der Waals surface area contributed by atoms with Crippen molar-refractivity contribution in [1.29, 1.82) is 0 Å². The van der Waals surface area contributed by atoms with Gasteiger partial charge in [-0.2, -0.15) is 0 Å². The average molecular weight is 286 g/mol. The Morgan fingerprint density at radius 2 is 2.15 bits per heavy atom. The summed E-state index contributed by atoms with van der Waals surface area (Å²) in [5, 5.41) is 4.80. The zero-order chi connectivity index (χ0) is 14.1. The van der Waals surface area contributed by atoms with Crippen LogP contribution in [0.15, 0.2) is 24.3 Å². The van der Waals surface area contributed by atoms with Crippen LogP contribution in [0.1, 0.15) is 39.0 Å². The number of aromatic nitrogens is 1. The maximum absolute atomic E-state index is 4.70. The molecule has 1 aliphatic rings. The molecule has 0 aliphatic heterocycles. The summed E-state index contributed by atoms with van der Waals surface area (Å²) >= 11 is 1.85. The lowest BCUT2D eigenvalue weighted by Gasteiger charge is -2.23. The predicted octanol–water partition coefficient (Wildman–Crippen LogP) is 3.62. The zero-order valence-electron chi connectivity index (χ0n) is 12.4. The van der Waals surface area contributed by atoms with Crippen molar-refractivity contribution in [2.45, 2.75) is 45.1 Å². The van der Waals surface area contributed by atoms with Crippen molar-refractivity contribution < 1.29 is 0 Å². The minimum absolute atomic E-state index is 0.489. The fraction of sp³-hybridized carbons (Fsp3) is 0.471. The molecule has 3 rings (SSSR count). The van der Waals surface area contributed by atoms with Gasteiger partial charge in [-0.15, -0.1) is 11.3 Å². The van der Waals surface area contributed by atoms with Gasteiger partial charge in [0.05, 0.1) is 10.7 Å². The molecule has 2 atom stereocenters. The van der Waals surface area contributed by atoms with Crippen molar-refractivity contribution in [2.24, 2.45) is 0 Å². The Hall–Kier alpha value is -1.19. The van der Waals surface area contributed by atoms with E-state index in [0.29, 0.717) is 12.0 Å². The molecule has 106 valence electrons. The molecule has 1 heterocycles. The van der Waals surface area contributed by atoms with E-state index in [1.807, 2.05) is 11.3 Å². The van der Waals surface area contributed by atoms with Crippen molar-refractivity contribution in [3.8, 4) is 0 Å². The van der Waals surface area contributed by atoms with E-state index in [0.717, 1.165) is 6.42 Å². The van der Waals surface area contributed by atoms with Crippen molar-refractivity contribution in [2.75, 3.05) is 7.05 Å². The number of rotatable bonds is 4. The lowest BCUT2D eigenvalue weighted by Crippen LogP contribution is -2.33. The average Bonchev–Trinajstić information content (AvgIpc) is 3.00. The van der Waals surface area contributed by atoms with E-state index in [2.05, 4.69) is 50.5 Å². The van der Waals surface area contributed by atoms with Gasteiger partial charge in [0.15, 0.2) is 0 Å². The molecule has 0 amide bonds. The Morgan fingerprint density at radius 1 is 1.35 bits per heavy atom. The Morgan fingerprint density at radius 3 is 2.85 bits per heavy atom. The van der Waals surface area contributed by atoms with Crippen molar-refractivity contribution in [3.63, 3.8) is 0 Å². The number of thiazole rings is 1. The molecule has 1 aromatic carbocycles. The molecule has 2 aromatic rings. The van der Waals surface area contributed by atoms with Gasteiger partial charge in [-0.1, -0.05) is 24.3 Å². The predicted molar refractivity (Wildman–Crippen MR) is 85.6 cm³/mol. The summed E-state index contributed by atoms with van der Waals surface area (Å²) in [6.45, 7) is 4.27. The van der Waals surface area contributed by atoms with Gasteiger partial charge in [-0.3, -0.25) is 0 Å². The minimum atomic E-state index is 0.489. The van der Waals surface area contributed by atoms with Crippen LogP contribution < -0.4 is 5.32 Å². The second-order valence-electron chi connectivity index (χ2n) is 5.69. The molecule has 1 N–H and O–H groups in total. The molecule has 2 nitrogen and oxygen atoms in total. The second-order valence-corrected chi connectivity index (χ2v) is 6.98. The van der Waals surface area contributed by atoms with E-state index in [4.69, 9.17) is 4.98 Å². The fourth-order valence-corrected chi connectivity index (χ4v) is 4.26. The second kappa shape index (κ2) is 5.66. The molecule has 0 fully saturated rings. The Balaban J connectivity index is 1.81. The maximum Gasteiger partial charge on any atom is 0.0946 e. The molecular formula is C17H22N2S. The third-order valence-electron chi connectivity index (χ3n) is 4.50. The van der Waals surface area contributed by atoms with E-state index in [-0.39, 0.29) is 0 Å². The van der Waals surface area contributed by atoms with Crippen molar-refractivity contribution in [1.82, 2.24) is 10.3 Å². The van der Waals surface area contributed by atoms with Crippen LogP contribution in [-0.4, -0.2) is 18.1 Å². The molecular weight excluding hydrogens is 264 g/mol. The smallest absolute Gasteiger partial charge is 0.0946 e. The van der Waals surface area contributed by atoms with E-state index < -0.39 is 0 Å². The highest BCUT2D eigenvalue weighted by molar-refractivity contribution is 7.11. The van der Waals surface area contributed by atoms with Crippen LogP contribution in [0.2, 0.25) is 0 Å². The largest absolute Gasteiger partial charge is 0.316 e. The molecule has 1 aromatic heterocycles. The number of aryl methyl sites for hydroxylation is 3.